The van der Waals surface area contributed by atoms with Gasteiger partial charge >= 0.3 is 0 Å². The molecule has 0 spiro atoms. The molecule has 0 amide bonds. The first-order valence-corrected chi connectivity index (χ1v) is 11.5. The summed E-state index contributed by atoms with van der Waals surface area (Å²) in [7, 11) is 1.75. The number of rotatable bonds is 9. The summed E-state index contributed by atoms with van der Waals surface area (Å²) in [5, 5.41) is 4.49. The number of hydrogen-bond acceptors (Lipinski definition) is 5. The predicted octanol–water partition coefficient (Wildman–Crippen LogP) is 4.51. The fourth-order valence-electron chi connectivity index (χ4n) is 4.39. The van der Waals surface area contributed by atoms with Crippen molar-refractivity contribution in [3.8, 4) is 17.1 Å². The van der Waals surface area contributed by atoms with Crippen LogP contribution in [0.4, 0.5) is 0 Å². The van der Waals surface area contributed by atoms with Crippen molar-refractivity contribution in [3.05, 3.63) is 60.4 Å². The molecule has 4 aromatic rings. The number of benzene rings is 1. The summed E-state index contributed by atoms with van der Waals surface area (Å²) in [5.41, 5.74) is 5.04. The molecular formula is C26H30N4O2. The summed E-state index contributed by atoms with van der Waals surface area (Å²) in [6.07, 6.45) is 8.40. The highest BCUT2D eigenvalue weighted by Gasteiger charge is 2.16. The molecule has 6 nitrogen and oxygen atoms in total. The molecule has 1 saturated heterocycles. The highest BCUT2D eigenvalue weighted by molar-refractivity contribution is 5.86. The molecule has 4 heterocycles. The summed E-state index contributed by atoms with van der Waals surface area (Å²) in [6.45, 7) is 3.64. The van der Waals surface area contributed by atoms with E-state index < -0.39 is 0 Å². The number of aryl methyl sites for hydroxylation is 1. The fourth-order valence-corrected chi connectivity index (χ4v) is 4.39. The van der Waals surface area contributed by atoms with Gasteiger partial charge in [0, 0.05) is 37.8 Å². The quantitative estimate of drug-likeness (QED) is 0.396. The summed E-state index contributed by atoms with van der Waals surface area (Å²) in [5.74, 6) is 1.42. The standard InChI is InChI=1S/C26H30N4O2/c1-31-14-3-2-5-19-11-13-30-23(17-28-25(30)15-19)22-9-8-21-6-4-7-24(26(21)29-22)32-18-20-10-12-27-16-20/h4,6-9,11,13,15,17,20,27H,2-3,5,10,12,14,16,18H2,1H3. The molecule has 1 aliphatic rings. The van der Waals surface area contributed by atoms with Gasteiger partial charge in [-0.1, -0.05) is 18.2 Å². The topological polar surface area (TPSA) is 60.7 Å². The minimum atomic E-state index is 0.566. The van der Waals surface area contributed by atoms with Crippen molar-refractivity contribution in [3.63, 3.8) is 0 Å². The van der Waals surface area contributed by atoms with E-state index >= 15 is 0 Å². The van der Waals surface area contributed by atoms with Crippen LogP contribution in [0.2, 0.25) is 0 Å². The van der Waals surface area contributed by atoms with E-state index in [1.54, 1.807) is 7.11 Å². The first-order chi connectivity index (χ1) is 15.8. The Bertz CT molecular complexity index is 1200. The highest BCUT2D eigenvalue weighted by atomic mass is 16.5. The maximum atomic E-state index is 6.20. The molecule has 0 saturated carbocycles. The zero-order valence-electron chi connectivity index (χ0n) is 18.6. The third-order valence-corrected chi connectivity index (χ3v) is 6.22. The number of nitrogens with one attached hydrogen (secondary N) is 1. The second kappa shape index (κ2) is 9.67. The maximum absolute atomic E-state index is 6.20. The molecule has 32 heavy (non-hydrogen) atoms. The molecule has 1 aliphatic heterocycles. The Morgan fingerprint density at radius 1 is 1.16 bits per heavy atom. The van der Waals surface area contributed by atoms with E-state index in [1.807, 2.05) is 18.3 Å². The van der Waals surface area contributed by atoms with Gasteiger partial charge in [-0.15, -0.1) is 0 Å². The Balaban J connectivity index is 1.40. The van der Waals surface area contributed by atoms with E-state index in [0.717, 1.165) is 79.3 Å². The fraction of sp³-hybridized carbons (Fsp3) is 0.385. The number of unbranched alkanes of at least 4 members (excludes halogenated alkanes) is 1. The number of fused-ring (bicyclic) bond motifs is 2. The average molecular weight is 431 g/mol. The van der Waals surface area contributed by atoms with Crippen molar-refractivity contribution < 1.29 is 9.47 Å². The monoisotopic (exact) mass is 430 g/mol. The number of pyridine rings is 2. The molecule has 1 fully saturated rings. The van der Waals surface area contributed by atoms with Crippen molar-refractivity contribution in [2.24, 2.45) is 5.92 Å². The molecule has 3 aromatic heterocycles. The van der Waals surface area contributed by atoms with Crippen LogP contribution in [0.15, 0.2) is 54.9 Å². The van der Waals surface area contributed by atoms with Crippen molar-refractivity contribution in [2.75, 3.05) is 33.4 Å². The summed E-state index contributed by atoms with van der Waals surface area (Å²) in [4.78, 5) is 9.64. The van der Waals surface area contributed by atoms with E-state index in [-0.39, 0.29) is 0 Å². The molecule has 1 unspecified atom stereocenters. The van der Waals surface area contributed by atoms with Crippen LogP contribution >= 0.6 is 0 Å². The van der Waals surface area contributed by atoms with Gasteiger partial charge in [0.25, 0.3) is 0 Å². The number of imidazole rings is 1. The zero-order chi connectivity index (χ0) is 21.8. The number of para-hydroxylation sites is 1. The number of nitrogens with zero attached hydrogens (tertiary/aromatic N) is 3. The summed E-state index contributed by atoms with van der Waals surface area (Å²) < 4.78 is 13.5. The van der Waals surface area contributed by atoms with Crippen LogP contribution in [0.5, 0.6) is 5.75 Å². The molecule has 0 bridgehead atoms. The van der Waals surface area contributed by atoms with Crippen molar-refractivity contribution in [1.29, 1.82) is 0 Å². The van der Waals surface area contributed by atoms with Gasteiger partial charge in [-0.2, -0.15) is 0 Å². The van der Waals surface area contributed by atoms with Gasteiger partial charge in [-0.05, 0) is 62.1 Å². The molecule has 166 valence electrons. The predicted molar refractivity (Wildman–Crippen MR) is 127 cm³/mol. The van der Waals surface area contributed by atoms with Crippen LogP contribution in [0.25, 0.3) is 27.9 Å². The van der Waals surface area contributed by atoms with Crippen molar-refractivity contribution >= 4 is 16.6 Å². The van der Waals surface area contributed by atoms with Gasteiger partial charge in [0.1, 0.15) is 16.9 Å². The van der Waals surface area contributed by atoms with Crippen molar-refractivity contribution in [2.45, 2.75) is 25.7 Å². The lowest BCUT2D eigenvalue weighted by atomic mass is 10.1. The third kappa shape index (κ3) is 4.47. The Kier molecular flexibility index (Phi) is 6.32. The number of hydrogen-bond donors (Lipinski definition) is 1. The Labute approximate surface area is 188 Å². The lowest BCUT2D eigenvalue weighted by molar-refractivity contribution is 0.193. The minimum absolute atomic E-state index is 0.566. The van der Waals surface area contributed by atoms with E-state index in [2.05, 4.69) is 51.2 Å². The molecule has 0 radical (unpaired) electrons. The van der Waals surface area contributed by atoms with Gasteiger partial charge in [0.05, 0.1) is 24.2 Å². The normalized spacial score (nSPS) is 16.2. The highest BCUT2D eigenvalue weighted by Crippen LogP contribution is 2.28. The lowest BCUT2D eigenvalue weighted by Gasteiger charge is -2.13. The molecule has 5 rings (SSSR count). The van der Waals surface area contributed by atoms with Crippen LogP contribution in [-0.4, -0.2) is 47.8 Å². The average Bonchev–Trinajstić information content (AvgIpc) is 3.50. The maximum Gasteiger partial charge on any atom is 0.145 e. The second-order valence-electron chi connectivity index (χ2n) is 8.55. The van der Waals surface area contributed by atoms with E-state index in [9.17, 15) is 0 Å². The summed E-state index contributed by atoms with van der Waals surface area (Å²) >= 11 is 0. The molecular weight excluding hydrogens is 400 g/mol. The molecule has 1 atom stereocenters. The van der Waals surface area contributed by atoms with Crippen LogP contribution < -0.4 is 10.1 Å². The second-order valence-corrected chi connectivity index (χ2v) is 8.55. The molecule has 6 heteroatoms. The van der Waals surface area contributed by atoms with Crippen LogP contribution in [0.3, 0.4) is 0 Å². The van der Waals surface area contributed by atoms with Gasteiger partial charge < -0.3 is 14.8 Å². The molecule has 0 aliphatic carbocycles. The van der Waals surface area contributed by atoms with Crippen LogP contribution in [-0.2, 0) is 11.2 Å². The SMILES string of the molecule is COCCCCc1ccn2c(-c3ccc4cccc(OCC5CCNC5)c4n3)cnc2c1. The van der Waals surface area contributed by atoms with Gasteiger partial charge in [0.15, 0.2) is 0 Å². The Hall–Kier alpha value is -2.96. The first kappa shape index (κ1) is 20.9. The van der Waals surface area contributed by atoms with E-state index in [1.165, 1.54) is 12.0 Å². The Morgan fingerprint density at radius 3 is 3.00 bits per heavy atom. The Morgan fingerprint density at radius 2 is 2.12 bits per heavy atom. The number of ether oxygens (including phenoxy) is 2. The van der Waals surface area contributed by atoms with E-state index in [4.69, 9.17) is 14.5 Å². The zero-order valence-corrected chi connectivity index (χ0v) is 18.6. The van der Waals surface area contributed by atoms with Crippen molar-refractivity contribution in [1.82, 2.24) is 19.7 Å². The third-order valence-electron chi connectivity index (χ3n) is 6.22. The van der Waals surface area contributed by atoms with Crippen LogP contribution in [0, 0.1) is 5.92 Å². The van der Waals surface area contributed by atoms with Crippen LogP contribution in [0.1, 0.15) is 24.8 Å². The van der Waals surface area contributed by atoms with Gasteiger partial charge in [-0.3, -0.25) is 4.40 Å². The van der Waals surface area contributed by atoms with E-state index in [0.29, 0.717) is 5.92 Å². The summed E-state index contributed by atoms with van der Waals surface area (Å²) in [6, 6.07) is 14.7. The minimum Gasteiger partial charge on any atom is -0.491 e. The lowest BCUT2D eigenvalue weighted by Crippen LogP contribution is -2.15. The first-order valence-electron chi connectivity index (χ1n) is 11.5. The largest absolute Gasteiger partial charge is 0.491 e. The smallest absolute Gasteiger partial charge is 0.145 e. The van der Waals surface area contributed by atoms with Gasteiger partial charge in [0.2, 0.25) is 0 Å². The number of methoxy groups -OCH3 is 1. The van der Waals surface area contributed by atoms with Gasteiger partial charge in [-0.25, -0.2) is 9.97 Å². The number of aromatic nitrogens is 3. The molecule has 1 aromatic carbocycles. The molecule has 1 N–H and O–H groups in total.